The third-order valence-electron chi connectivity index (χ3n) is 3.82. The molecule has 1 aromatic heterocycles. The van der Waals surface area contributed by atoms with Crippen LogP contribution >= 0.6 is 15.9 Å². The van der Waals surface area contributed by atoms with Crippen molar-refractivity contribution in [2.45, 2.75) is 25.3 Å². The molecule has 1 aromatic rings. The van der Waals surface area contributed by atoms with E-state index in [0.717, 1.165) is 18.5 Å². The highest BCUT2D eigenvalue weighted by atomic mass is 79.9. The molecule has 2 heterocycles. The van der Waals surface area contributed by atoms with Gasteiger partial charge in [-0.05, 0) is 64.9 Å². The lowest BCUT2D eigenvalue weighted by Gasteiger charge is -2.25. The first-order chi connectivity index (χ1) is 8.78. The zero-order valence-electron chi connectivity index (χ0n) is 9.99. The Bertz CT molecular complexity index is 544. The molecule has 3 rings (SSSR count). The molecular weight excluding hydrogens is 290 g/mol. The van der Waals surface area contributed by atoms with E-state index < -0.39 is 0 Å². The van der Waals surface area contributed by atoms with Crippen molar-refractivity contribution in [2.24, 2.45) is 5.92 Å². The minimum Gasteiger partial charge on any atom is -0.313 e. The van der Waals surface area contributed by atoms with Gasteiger partial charge in [-0.25, -0.2) is 4.98 Å². The highest BCUT2D eigenvalue weighted by Gasteiger charge is 2.30. The molecule has 3 nitrogen and oxygen atoms in total. The highest BCUT2D eigenvalue weighted by Crippen LogP contribution is 2.36. The summed E-state index contributed by atoms with van der Waals surface area (Å²) in [6.07, 6.45) is 7.80. The SMILES string of the molecule is N#Cc1cc(C2=CC3CCCNC3C2)cnc1Br. The average molecular weight is 304 g/mol. The second-order valence-electron chi connectivity index (χ2n) is 4.94. The standard InChI is InChI=1S/C14H14BrN3/c15-14-11(7-16)5-12(8-18-14)10-4-9-2-1-3-17-13(9)6-10/h4-5,8-9,13,17H,1-3,6H2. The lowest BCUT2D eigenvalue weighted by atomic mass is 9.94. The number of fused-ring (bicyclic) bond motifs is 1. The first-order valence-electron chi connectivity index (χ1n) is 6.28. The minimum atomic E-state index is 0.586. The molecule has 0 saturated carbocycles. The molecule has 0 bridgehead atoms. The Kier molecular flexibility index (Phi) is 3.19. The number of nitrogens with one attached hydrogen (secondary N) is 1. The van der Waals surface area contributed by atoms with Crippen molar-refractivity contribution < 1.29 is 0 Å². The molecule has 0 radical (unpaired) electrons. The molecule has 2 unspecified atom stereocenters. The maximum Gasteiger partial charge on any atom is 0.123 e. The van der Waals surface area contributed by atoms with Crippen LogP contribution in [-0.4, -0.2) is 17.6 Å². The van der Waals surface area contributed by atoms with Gasteiger partial charge in [-0.2, -0.15) is 5.26 Å². The van der Waals surface area contributed by atoms with Crippen molar-refractivity contribution in [3.05, 3.63) is 34.1 Å². The summed E-state index contributed by atoms with van der Waals surface area (Å²) in [6.45, 7) is 1.13. The zero-order valence-corrected chi connectivity index (χ0v) is 11.6. The van der Waals surface area contributed by atoms with Crippen LogP contribution in [0.15, 0.2) is 22.9 Å². The van der Waals surface area contributed by atoms with Crippen LogP contribution in [0.4, 0.5) is 0 Å². The third-order valence-corrected chi connectivity index (χ3v) is 4.45. The number of hydrogen-bond donors (Lipinski definition) is 1. The van der Waals surface area contributed by atoms with Crippen molar-refractivity contribution in [2.75, 3.05) is 6.54 Å². The van der Waals surface area contributed by atoms with Gasteiger partial charge in [0.1, 0.15) is 10.7 Å². The van der Waals surface area contributed by atoms with E-state index in [0.29, 0.717) is 22.1 Å². The number of rotatable bonds is 1. The van der Waals surface area contributed by atoms with E-state index in [1.165, 1.54) is 18.4 Å². The van der Waals surface area contributed by atoms with E-state index in [4.69, 9.17) is 5.26 Å². The van der Waals surface area contributed by atoms with Crippen LogP contribution in [-0.2, 0) is 0 Å². The zero-order chi connectivity index (χ0) is 12.5. The Labute approximate surface area is 115 Å². The maximum absolute atomic E-state index is 9.04. The van der Waals surface area contributed by atoms with E-state index in [1.807, 2.05) is 12.3 Å². The lowest BCUT2D eigenvalue weighted by molar-refractivity contribution is 0.348. The largest absolute Gasteiger partial charge is 0.313 e. The van der Waals surface area contributed by atoms with Gasteiger partial charge < -0.3 is 5.32 Å². The third kappa shape index (κ3) is 2.09. The number of nitrogens with zero attached hydrogens (tertiary/aromatic N) is 2. The average Bonchev–Trinajstić information content (AvgIpc) is 2.83. The molecule has 18 heavy (non-hydrogen) atoms. The summed E-state index contributed by atoms with van der Waals surface area (Å²) in [5, 5.41) is 12.6. The van der Waals surface area contributed by atoms with E-state index >= 15 is 0 Å². The quantitative estimate of drug-likeness (QED) is 0.812. The molecule has 2 atom stereocenters. The van der Waals surface area contributed by atoms with Crippen molar-refractivity contribution in [3.63, 3.8) is 0 Å². The van der Waals surface area contributed by atoms with Gasteiger partial charge >= 0.3 is 0 Å². The topological polar surface area (TPSA) is 48.7 Å². The molecule has 4 heteroatoms. The van der Waals surface area contributed by atoms with Gasteiger partial charge in [-0.3, -0.25) is 0 Å². The van der Waals surface area contributed by atoms with Crippen LogP contribution in [0.1, 0.15) is 30.4 Å². The van der Waals surface area contributed by atoms with E-state index in [9.17, 15) is 0 Å². The predicted molar refractivity (Wildman–Crippen MR) is 73.8 cm³/mol. The van der Waals surface area contributed by atoms with Gasteiger partial charge in [-0.1, -0.05) is 6.08 Å². The summed E-state index contributed by atoms with van der Waals surface area (Å²) in [4.78, 5) is 4.24. The van der Waals surface area contributed by atoms with Gasteiger partial charge in [0.05, 0.1) is 5.56 Å². The predicted octanol–water partition coefficient (Wildman–Crippen LogP) is 2.87. The van der Waals surface area contributed by atoms with Crippen LogP contribution in [0.5, 0.6) is 0 Å². The monoisotopic (exact) mass is 303 g/mol. The molecule has 1 aliphatic carbocycles. The first-order valence-corrected chi connectivity index (χ1v) is 7.07. The molecule has 2 aliphatic rings. The minimum absolute atomic E-state index is 0.586. The van der Waals surface area contributed by atoms with Crippen LogP contribution in [0.25, 0.3) is 5.57 Å². The maximum atomic E-state index is 9.04. The molecule has 1 saturated heterocycles. The summed E-state index contributed by atoms with van der Waals surface area (Å²) in [5.41, 5.74) is 3.03. The second-order valence-corrected chi connectivity index (χ2v) is 5.69. The van der Waals surface area contributed by atoms with E-state index in [2.05, 4.69) is 38.4 Å². The van der Waals surface area contributed by atoms with E-state index in [-0.39, 0.29) is 0 Å². The lowest BCUT2D eigenvalue weighted by Crippen LogP contribution is -2.37. The second kappa shape index (κ2) is 4.83. The molecule has 0 spiro atoms. The van der Waals surface area contributed by atoms with E-state index in [1.54, 1.807) is 0 Å². The number of nitriles is 1. The Hall–Kier alpha value is -1.18. The van der Waals surface area contributed by atoms with Gasteiger partial charge in [0.15, 0.2) is 0 Å². The number of aromatic nitrogens is 1. The Morgan fingerprint density at radius 2 is 2.39 bits per heavy atom. The van der Waals surface area contributed by atoms with Crippen LogP contribution in [0, 0.1) is 17.2 Å². The van der Waals surface area contributed by atoms with Crippen molar-refractivity contribution in [3.8, 4) is 6.07 Å². The summed E-state index contributed by atoms with van der Waals surface area (Å²) >= 11 is 3.29. The molecule has 1 aliphatic heterocycles. The molecule has 1 N–H and O–H groups in total. The number of pyridine rings is 1. The molecular formula is C14H14BrN3. The van der Waals surface area contributed by atoms with Gasteiger partial charge in [0.2, 0.25) is 0 Å². The van der Waals surface area contributed by atoms with Crippen molar-refractivity contribution in [1.82, 2.24) is 10.3 Å². The number of piperidine rings is 1. The number of hydrogen-bond acceptors (Lipinski definition) is 3. The van der Waals surface area contributed by atoms with Crippen molar-refractivity contribution in [1.29, 1.82) is 5.26 Å². The first kappa shape index (κ1) is 11.9. The highest BCUT2D eigenvalue weighted by molar-refractivity contribution is 9.10. The Balaban J connectivity index is 1.90. The molecule has 92 valence electrons. The van der Waals surface area contributed by atoms with Crippen molar-refractivity contribution >= 4 is 21.5 Å². The molecule has 0 amide bonds. The van der Waals surface area contributed by atoms with Crippen LogP contribution in [0.3, 0.4) is 0 Å². The van der Waals surface area contributed by atoms with Gasteiger partial charge in [0.25, 0.3) is 0 Å². The molecule has 0 aromatic carbocycles. The van der Waals surface area contributed by atoms with Crippen LogP contribution in [0.2, 0.25) is 0 Å². The smallest absolute Gasteiger partial charge is 0.123 e. The summed E-state index contributed by atoms with van der Waals surface area (Å²) in [6, 6.07) is 4.69. The fourth-order valence-corrected chi connectivity index (χ4v) is 3.19. The fourth-order valence-electron chi connectivity index (χ4n) is 2.88. The van der Waals surface area contributed by atoms with Gasteiger partial charge in [-0.15, -0.1) is 0 Å². The van der Waals surface area contributed by atoms with Crippen LogP contribution < -0.4 is 5.32 Å². The summed E-state index contributed by atoms with van der Waals surface area (Å²) in [7, 11) is 0. The number of halogens is 1. The Morgan fingerprint density at radius 1 is 1.50 bits per heavy atom. The normalized spacial score (nSPS) is 26.3. The Morgan fingerprint density at radius 3 is 3.17 bits per heavy atom. The molecule has 1 fully saturated rings. The fraction of sp³-hybridized carbons (Fsp3) is 0.429. The summed E-state index contributed by atoms with van der Waals surface area (Å²) < 4.78 is 0.628. The van der Waals surface area contributed by atoms with Gasteiger partial charge in [0, 0.05) is 12.2 Å². The summed E-state index contributed by atoms with van der Waals surface area (Å²) in [5.74, 6) is 0.655.